The summed E-state index contributed by atoms with van der Waals surface area (Å²) in [5.41, 5.74) is -0.546. The van der Waals surface area contributed by atoms with Crippen LogP contribution in [0.4, 0.5) is 0 Å². The first-order valence-electron chi connectivity index (χ1n) is 4.04. The van der Waals surface area contributed by atoms with Gasteiger partial charge in [0.1, 0.15) is 0 Å². The van der Waals surface area contributed by atoms with Crippen LogP contribution in [-0.2, 0) is 0 Å². The van der Waals surface area contributed by atoms with E-state index in [1.807, 2.05) is 13.8 Å². The van der Waals surface area contributed by atoms with Crippen molar-refractivity contribution in [2.75, 3.05) is 6.54 Å². The first-order chi connectivity index (χ1) is 4.58. The van der Waals surface area contributed by atoms with Crippen LogP contribution in [0.15, 0.2) is 0 Å². The van der Waals surface area contributed by atoms with E-state index in [1.165, 1.54) is 19.3 Å². The third-order valence-electron chi connectivity index (χ3n) is 1.93. The zero-order valence-electron chi connectivity index (χ0n) is 6.85. The van der Waals surface area contributed by atoms with Gasteiger partial charge in [0.05, 0.1) is 5.60 Å². The third-order valence-corrected chi connectivity index (χ3v) is 1.93. The van der Waals surface area contributed by atoms with Gasteiger partial charge in [-0.1, -0.05) is 6.42 Å². The van der Waals surface area contributed by atoms with Gasteiger partial charge in [-0.15, -0.1) is 0 Å². The lowest BCUT2D eigenvalue weighted by molar-refractivity contribution is 0.0724. The molecule has 0 bridgehead atoms. The van der Waals surface area contributed by atoms with E-state index in [1.54, 1.807) is 0 Å². The second-order valence-corrected chi connectivity index (χ2v) is 3.82. The molecule has 1 aliphatic rings. The molecule has 10 heavy (non-hydrogen) atoms. The average Bonchev–Trinajstić information content (AvgIpc) is 1.56. The van der Waals surface area contributed by atoms with Crippen molar-refractivity contribution in [1.29, 1.82) is 0 Å². The number of aliphatic hydroxyl groups is 1. The van der Waals surface area contributed by atoms with Crippen LogP contribution in [0.25, 0.3) is 0 Å². The van der Waals surface area contributed by atoms with Gasteiger partial charge in [-0.05, 0) is 26.7 Å². The van der Waals surface area contributed by atoms with Crippen LogP contribution < -0.4 is 5.32 Å². The van der Waals surface area contributed by atoms with Gasteiger partial charge in [0.15, 0.2) is 0 Å². The van der Waals surface area contributed by atoms with E-state index in [0.717, 1.165) is 6.54 Å². The number of rotatable bonds is 3. The van der Waals surface area contributed by atoms with Crippen LogP contribution in [0, 0.1) is 0 Å². The minimum atomic E-state index is -0.546. The van der Waals surface area contributed by atoms with Crippen LogP contribution in [0.5, 0.6) is 0 Å². The first-order valence-corrected chi connectivity index (χ1v) is 4.04. The highest BCUT2D eigenvalue weighted by atomic mass is 16.3. The van der Waals surface area contributed by atoms with Crippen molar-refractivity contribution in [1.82, 2.24) is 5.32 Å². The molecule has 2 nitrogen and oxygen atoms in total. The molecule has 1 rings (SSSR count). The summed E-state index contributed by atoms with van der Waals surface area (Å²) in [4.78, 5) is 0. The zero-order chi connectivity index (χ0) is 7.61. The van der Waals surface area contributed by atoms with Gasteiger partial charge in [0.2, 0.25) is 0 Å². The fourth-order valence-corrected chi connectivity index (χ4v) is 1.01. The summed E-state index contributed by atoms with van der Waals surface area (Å²) in [6.45, 7) is 4.38. The molecule has 0 aromatic heterocycles. The molecule has 2 heteroatoms. The van der Waals surface area contributed by atoms with Crippen molar-refractivity contribution < 1.29 is 5.11 Å². The van der Waals surface area contributed by atoms with Gasteiger partial charge >= 0.3 is 0 Å². The molecular formula is C8H17NO. The third kappa shape index (κ3) is 2.67. The molecule has 0 radical (unpaired) electrons. The Morgan fingerprint density at radius 3 is 2.40 bits per heavy atom. The SMILES string of the molecule is CC(C)(O)CNC1CCC1. The summed E-state index contributed by atoms with van der Waals surface area (Å²) < 4.78 is 0. The molecule has 0 aromatic rings. The van der Waals surface area contributed by atoms with Crippen molar-refractivity contribution >= 4 is 0 Å². The van der Waals surface area contributed by atoms with Crippen LogP contribution >= 0.6 is 0 Å². The maximum Gasteiger partial charge on any atom is 0.0715 e. The first kappa shape index (κ1) is 8.02. The maximum absolute atomic E-state index is 9.32. The average molecular weight is 143 g/mol. The molecule has 0 unspecified atom stereocenters. The normalized spacial score (nSPS) is 20.7. The van der Waals surface area contributed by atoms with Crippen molar-refractivity contribution in [2.24, 2.45) is 0 Å². The lowest BCUT2D eigenvalue weighted by atomic mass is 9.92. The molecule has 0 spiro atoms. The Morgan fingerprint density at radius 2 is 2.10 bits per heavy atom. The highest BCUT2D eigenvalue weighted by Gasteiger charge is 2.20. The maximum atomic E-state index is 9.32. The van der Waals surface area contributed by atoms with Crippen LogP contribution in [0.1, 0.15) is 33.1 Å². The van der Waals surface area contributed by atoms with Gasteiger partial charge in [-0.2, -0.15) is 0 Å². The lowest BCUT2D eigenvalue weighted by Gasteiger charge is -2.29. The highest BCUT2D eigenvalue weighted by Crippen LogP contribution is 2.18. The summed E-state index contributed by atoms with van der Waals surface area (Å²) in [6, 6.07) is 0.687. The van der Waals surface area contributed by atoms with E-state index < -0.39 is 5.60 Å². The van der Waals surface area contributed by atoms with Crippen molar-refractivity contribution in [2.45, 2.75) is 44.8 Å². The predicted molar refractivity (Wildman–Crippen MR) is 41.9 cm³/mol. The van der Waals surface area contributed by atoms with E-state index in [0.29, 0.717) is 6.04 Å². The summed E-state index contributed by atoms with van der Waals surface area (Å²) in [5, 5.41) is 12.6. The Labute approximate surface area is 62.6 Å². The fourth-order valence-electron chi connectivity index (χ4n) is 1.01. The molecule has 0 heterocycles. The van der Waals surface area contributed by atoms with Gasteiger partial charge < -0.3 is 10.4 Å². The molecule has 0 aromatic carbocycles. The van der Waals surface area contributed by atoms with Crippen LogP contribution in [0.3, 0.4) is 0 Å². The molecule has 0 amide bonds. The Kier molecular flexibility index (Phi) is 2.32. The topological polar surface area (TPSA) is 32.3 Å². The van der Waals surface area contributed by atoms with E-state index in [9.17, 15) is 5.11 Å². The molecule has 2 N–H and O–H groups in total. The Bertz CT molecular complexity index is 102. The van der Waals surface area contributed by atoms with E-state index >= 15 is 0 Å². The van der Waals surface area contributed by atoms with E-state index in [4.69, 9.17) is 0 Å². The Hall–Kier alpha value is -0.0800. The monoisotopic (exact) mass is 143 g/mol. The van der Waals surface area contributed by atoms with Gasteiger partial charge in [0, 0.05) is 12.6 Å². The molecule has 60 valence electrons. The Balaban J connectivity index is 2.04. The van der Waals surface area contributed by atoms with Crippen molar-refractivity contribution in [3.63, 3.8) is 0 Å². The summed E-state index contributed by atoms with van der Waals surface area (Å²) in [6.07, 6.45) is 3.93. The van der Waals surface area contributed by atoms with Gasteiger partial charge in [-0.25, -0.2) is 0 Å². The highest BCUT2D eigenvalue weighted by molar-refractivity contribution is 4.79. The van der Waals surface area contributed by atoms with Gasteiger partial charge in [0.25, 0.3) is 0 Å². The Morgan fingerprint density at radius 1 is 1.50 bits per heavy atom. The molecule has 1 fully saturated rings. The largest absolute Gasteiger partial charge is 0.389 e. The number of hydrogen-bond acceptors (Lipinski definition) is 2. The molecule has 0 atom stereocenters. The quantitative estimate of drug-likeness (QED) is 0.615. The summed E-state index contributed by atoms with van der Waals surface area (Å²) >= 11 is 0. The second-order valence-electron chi connectivity index (χ2n) is 3.82. The molecular weight excluding hydrogens is 126 g/mol. The molecule has 1 aliphatic carbocycles. The summed E-state index contributed by atoms with van der Waals surface area (Å²) in [5.74, 6) is 0. The molecule has 0 saturated heterocycles. The van der Waals surface area contributed by atoms with Gasteiger partial charge in [-0.3, -0.25) is 0 Å². The van der Waals surface area contributed by atoms with Crippen LogP contribution in [0.2, 0.25) is 0 Å². The zero-order valence-corrected chi connectivity index (χ0v) is 6.85. The second kappa shape index (κ2) is 2.89. The minimum absolute atomic E-state index is 0.546. The number of hydrogen-bond donors (Lipinski definition) is 2. The van der Waals surface area contributed by atoms with E-state index in [-0.39, 0.29) is 0 Å². The smallest absolute Gasteiger partial charge is 0.0715 e. The van der Waals surface area contributed by atoms with E-state index in [2.05, 4.69) is 5.32 Å². The number of nitrogens with one attached hydrogen (secondary N) is 1. The van der Waals surface area contributed by atoms with Crippen molar-refractivity contribution in [3.05, 3.63) is 0 Å². The standard InChI is InChI=1S/C8H17NO/c1-8(2,10)6-9-7-4-3-5-7/h7,9-10H,3-6H2,1-2H3. The fraction of sp³-hybridized carbons (Fsp3) is 1.00. The minimum Gasteiger partial charge on any atom is -0.389 e. The van der Waals surface area contributed by atoms with Crippen LogP contribution in [-0.4, -0.2) is 23.3 Å². The predicted octanol–water partition coefficient (Wildman–Crippen LogP) is 0.899. The molecule has 1 saturated carbocycles. The summed E-state index contributed by atoms with van der Waals surface area (Å²) in [7, 11) is 0. The molecule has 0 aliphatic heterocycles. The lowest BCUT2D eigenvalue weighted by Crippen LogP contribution is -2.43. The van der Waals surface area contributed by atoms with Crippen molar-refractivity contribution in [3.8, 4) is 0 Å².